The fourth-order valence-corrected chi connectivity index (χ4v) is 2.26. The third kappa shape index (κ3) is 1.83. The summed E-state index contributed by atoms with van der Waals surface area (Å²) in [5.41, 5.74) is 3.10. The molecule has 0 amide bonds. The molecule has 1 aromatic carbocycles. The van der Waals surface area contributed by atoms with Gasteiger partial charge in [-0.3, -0.25) is 0 Å². The maximum absolute atomic E-state index is 11.0. The zero-order valence-electron chi connectivity index (χ0n) is 9.53. The van der Waals surface area contributed by atoms with Crippen LogP contribution in [0.4, 0.5) is 0 Å². The average Bonchev–Trinajstić information content (AvgIpc) is 2.99. The molecule has 1 unspecified atom stereocenters. The average molecular weight is 220 g/mol. The summed E-state index contributed by atoms with van der Waals surface area (Å²) in [6, 6.07) is 3.33. The molecule has 0 aromatic heterocycles. The van der Waals surface area contributed by atoms with E-state index in [0.717, 1.165) is 29.5 Å². The van der Waals surface area contributed by atoms with Crippen molar-refractivity contribution in [3.8, 4) is 0 Å². The topological polar surface area (TPSA) is 57.5 Å². The van der Waals surface area contributed by atoms with E-state index in [1.165, 1.54) is 0 Å². The molecule has 0 radical (unpaired) electrons. The molecule has 3 heteroatoms. The first-order valence-electron chi connectivity index (χ1n) is 5.57. The maximum atomic E-state index is 11.0. The summed E-state index contributed by atoms with van der Waals surface area (Å²) in [4.78, 5) is 11.0. The van der Waals surface area contributed by atoms with Gasteiger partial charge in [0.2, 0.25) is 0 Å². The van der Waals surface area contributed by atoms with Gasteiger partial charge >= 0.3 is 5.97 Å². The first-order chi connectivity index (χ1) is 7.52. The molecule has 1 aromatic rings. The fraction of sp³-hybridized carbons (Fsp3) is 0.462. The minimum atomic E-state index is -0.892. The summed E-state index contributed by atoms with van der Waals surface area (Å²) in [6.07, 6.45) is 1.67. The van der Waals surface area contributed by atoms with Gasteiger partial charge in [-0.25, -0.2) is 4.79 Å². The Morgan fingerprint density at radius 3 is 2.50 bits per heavy atom. The number of carboxylic acid groups (broad SMARTS) is 1. The number of rotatable bonds is 3. The van der Waals surface area contributed by atoms with Crippen LogP contribution in [0, 0.1) is 6.92 Å². The SMILES string of the molecule is Cc1c(C(=O)O)ccc(C(C)O)c1C1CC1. The van der Waals surface area contributed by atoms with Gasteiger partial charge < -0.3 is 10.2 Å². The molecule has 86 valence electrons. The van der Waals surface area contributed by atoms with Crippen LogP contribution in [0.25, 0.3) is 0 Å². The van der Waals surface area contributed by atoms with Crippen molar-refractivity contribution in [1.82, 2.24) is 0 Å². The van der Waals surface area contributed by atoms with E-state index in [1.807, 2.05) is 6.92 Å². The van der Waals surface area contributed by atoms with Crippen molar-refractivity contribution in [3.63, 3.8) is 0 Å². The second-order valence-corrected chi connectivity index (χ2v) is 4.50. The zero-order valence-corrected chi connectivity index (χ0v) is 9.53. The molecular formula is C13H16O3. The number of aromatic carboxylic acids is 1. The minimum absolute atomic E-state index is 0.353. The van der Waals surface area contributed by atoms with Crippen molar-refractivity contribution in [3.05, 3.63) is 34.4 Å². The lowest BCUT2D eigenvalue weighted by atomic mass is 9.91. The Bertz CT molecular complexity index is 431. The van der Waals surface area contributed by atoms with Gasteiger partial charge in [0.05, 0.1) is 11.7 Å². The molecule has 0 aliphatic heterocycles. The van der Waals surface area contributed by atoms with Crippen LogP contribution in [0.5, 0.6) is 0 Å². The lowest BCUT2D eigenvalue weighted by Crippen LogP contribution is -2.07. The molecule has 0 spiro atoms. The Balaban J connectivity index is 2.58. The molecule has 0 bridgehead atoms. The van der Waals surface area contributed by atoms with Crippen molar-refractivity contribution < 1.29 is 15.0 Å². The van der Waals surface area contributed by atoms with Crippen LogP contribution < -0.4 is 0 Å². The van der Waals surface area contributed by atoms with Crippen molar-refractivity contribution in [1.29, 1.82) is 0 Å². The summed E-state index contributed by atoms with van der Waals surface area (Å²) in [6.45, 7) is 3.56. The molecule has 1 aliphatic rings. The van der Waals surface area contributed by atoms with Crippen molar-refractivity contribution in [2.75, 3.05) is 0 Å². The van der Waals surface area contributed by atoms with Crippen LogP contribution in [-0.4, -0.2) is 16.2 Å². The molecule has 0 saturated heterocycles. The van der Waals surface area contributed by atoms with Crippen LogP contribution >= 0.6 is 0 Å². The van der Waals surface area contributed by atoms with Crippen LogP contribution in [0.1, 0.15) is 58.8 Å². The quantitative estimate of drug-likeness (QED) is 0.823. The summed E-state index contributed by atoms with van der Waals surface area (Å²) in [7, 11) is 0. The Labute approximate surface area is 94.7 Å². The first-order valence-corrected chi connectivity index (χ1v) is 5.57. The van der Waals surface area contributed by atoms with Gasteiger partial charge in [-0.2, -0.15) is 0 Å². The predicted molar refractivity (Wildman–Crippen MR) is 60.7 cm³/mol. The van der Waals surface area contributed by atoms with E-state index >= 15 is 0 Å². The van der Waals surface area contributed by atoms with Gasteiger partial charge in [-0.1, -0.05) is 6.07 Å². The summed E-state index contributed by atoms with van der Waals surface area (Å²) < 4.78 is 0. The molecule has 1 atom stereocenters. The van der Waals surface area contributed by atoms with E-state index in [2.05, 4.69) is 0 Å². The van der Waals surface area contributed by atoms with Crippen LogP contribution in [-0.2, 0) is 0 Å². The monoisotopic (exact) mass is 220 g/mol. The Kier molecular flexibility index (Phi) is 2.72. The lowest BCUT2D eigenvalue weighted by molar-refractivity contribution is 0.0695. The van der Waals surface area contributed by atoms with Crippen molar-refractivity contribution in [2.45, 2.75) is 38.7 Å². The molecule has 2 N–H and O–H groups in total. The van der Waals surface area contributed by atoms with E-state index in [4.69, 9.17) is 5.11 Å². The van der Waals surface area contributed by atoms with Gasteiger partial charge in [-0.05, 0) is 55.4 Å². The second kappa shape index (κ2) is 3.91. The van der Waals surface area contributed by atoms with Crippen LogP contribution in [0.3, 0.4) is 0 Å². The molecule has 16 heavy (non-hydrogen) atoms. The number of benzene rings is 1. The first kappa shape index (κ1) is 11.1. The third-order valence-corrected chi connectivity index (χ3v) is 3.21. The summed E-state index contributed by atoms with van der Waals surface area (Å²) in [5.74, 6) is -0.444. The van der Waals surface area contributed by atoms with Gasteiger partial charge in [0.1, 0.15) is 0 Å². The Hall–Kier alpha value is -1.35. The second-order valence-electron chi connectivity index (χ2n) is 4.50. The number of aliphatic hydroxyl groups excluding tert-OH is 1. The van der Waals surface area contributed by atoms with E-state index in [1.54, 1.807) is 19.1 Å². The highest BCUT2D eigenvalue weighted by Gasteiger charge is 2.30. The normalized spacial score (nSPS) is 17.2. The standard InChI is InChI=1S/C13H16O3/c1-7-10(13(15)16)5-6-11(8(2)14)12(7)9-3-4-9/h5-6,8-9,14H,3-4H2,1-2H3,(H,15,16). The number of carbonyl (C=O) groups is 1. The molecular weight excluding hydrogens is 204 g/mol. The number of hydrogen-bond acceptors (Lipinski definition) is 2. The molecule has 1 fully saturated rings. The predicted octanol–water partition coefficient (Wildman–Crippen LogP) is 2.62. The van der Waals surface area contributed by atoms with Crippen LogP contribution in [0.2, 0.25) is 0 Å². The number of hydrogen-bond donors (Lipinski definition) is 2. The minimum Gasteiger partial charge on any atom is -0.478 e. The largest absolute Gasteiger partial charge is 0.478 e. The van der Waals surface area contributed by atoms with Crippen molar-refractivity contribution >= 4 is 5.97 Å². The van der Waals surface area contributed by atoms with Gasteiger partial charge in [0.25, 0.3) is 0 Å². The van der Waals surface area contributed by atoms with Gasteiger partial charge in [0.15, 0.2) is 0 Å². The molecule has 1 saturated carbocycles. The van der Waals surface area contributed by atoms with Gasteiger partial charge in [-0.15, -0.1) is 0 Å². The van der Waals surface area contributed by atoms with E-state index in [0.29, 0.717) is 11.5 Å². The Morgan fingerprint density at radius 2 is 2.06 bits per heavy atom. The number of aliphatic hydroxyl groups is 1. The molecule has 3 nitrogen and oxygen atoms in total. The maximum Gasteiger partial charge on any atom is 0.335 e. The molecule has 0 heterocycles. The smallest absolute Gasteiger partial charge is 0.335 e. The summed E-state index contributed by atoms with van der Waals surface area (Å²) in [5, 5.41) is 18.7. The fourth-order valence-electron chi connectivity index (χ4n) is 2.26. The highest BCUT2D eigenvalue weighted by Crippen LogP contribution is 2.45. The summed E-state index contributed by atoms with van der Waals surface area (Å²) >= 11 is 0. The zero-order chi connectivity index (χ0) is 11.9. The highest BCUT2D eigenvalue weighted by atomic mass is 16.4. The molecule has 2 rings (SSSR count). The third-order valence-electron chi connectivity index (χ3n) is 3.21. The van der Waals surface area contributed by atoms with Gasteiger partial charge in [0, 0.05) is 0 Å². The van der Waals surface area contributed by atoms with E-state index in [-0.39, 0.29) is 0 Å². The Morgan fingerprint density at radius 1 is 1.44 bits per heavy atom. The number of carboxylic acids is 1. The van der Waals surface area contributed by atoms with Crippen molar-refractivity contribution in [2.24, 2.45) is 0 Å². The van der Waals surface area contributed by atoms with Crippen LogP contribution in [0.15, 0.2) is 12.1 Å². The highest BCUT2D eigenvalue weighted by molar-refractivity contribution is 5.90. The lowest BCUT2D eigenvalue weighted by Gasteiger charge is -2.16. The van der Waals surface area contributed by atoms with E-state index < -0.39 is 12.1 Å². The van der Waals surface area contributed by atoms with E-state index in [9.17, 15) is 9.90 Å². The molecule has 1 aliphatic carbocycles.